The lowest BCUT2D eigenvalue weighted by Gasteiger charge is -2.38. The highest BCUT2D eigenvalue weighted by Gasteiger charge is 2.37. The van der Waals surface area contributed by atoms with E-state index in [0.717, 1.165) is 46.5 Å². The van der Waals surface area contributed by atoms with Gasteiger partial charge in [0.1, 0.15) is 17.0 Å². The summed E-state index contributed by atoms with van der Waals surface area (Å²) in [6.45, 7) is 1.15. The van der Waals surface area contributed by atoms with Crippen molar-refractivity contribution in [3.63, 3.8) is 0 Å². The van der Waals surface area contributed by atoms with Gasteiger partial charge >= 0.3 is 0 Å². The van der Waals surface area contributed by atoms with Gasteiger partial charge in [-0.2, -0.15) is 10.4 Å². The molecule has 6 rings (SSSR count). The number of nitrogens with zero attached hydrogens (tertiary/aromatic N) is 6. The van der Waals surface area contributed by atoms with E-state index in [1.807, 2.05) is 33.8 Å². The van der Waals surface area contributed by atoms with Gasteiger partial charge in [0.2, 0.25) is 5.91 Å². The first-order valence-corrected chi connectivity index (χ1v) is 11.2. The monoisotopic (exact) mass is 429 g/mol. The van der Waals surface area contributed by atoms with Crippen LogP contribution >= 0.6 is 11.3 Å². The fourth-order valence-corrected chi connectivity index (χ4v) is 5.82. The van der Waals surface area contributed by atoms with Crippen molar-refractivity contribution < 1.29 is 4.79 Å². The van der Waals surface area contributed by atoms with Crippen LogP contribution in [0.25, 0.3) is 15.7 Å². The summed E-state index contributed by atoms with van der Waals surface area (Å²) < 4.78 is 1.82. The number of aromatic nitrogens is 4. The summed E-state index contributed by atoms with van der Waals surface area (Å²) in [5, 5.41) is 17.7. The molecule has 1 aliphatic heterocycles. The van der Waals surface area contributed by atoms with Crippen LogP contribution in [-0.2, 0) is 17.6 Å². The average Bonchev–Trinajstić information content (AvgIpc) is 3.36. The minimum atomic E-state index is -0.00570. The Morgan fingerprint density at radius 2 is 2.19 bits per heavy atom. The van der Waals surface area contributed by atoms with Crippen molar-refractivity contribution in [1.82, 2.24) is 24.5 Å². The van der Waals surface area contributed by atoms with E-state index < -0.39 is 0 Å². The Hall–Kier alpha value is -3.51. The Kier molecular flexibility index (Phi) is 4.14. The lowest BCUT2D eigenvalue weighted by Crippen LogP contribution is -2.52. The Morgan fingerprint density at radius 3 is 3.06 bits per heavy atom. The Bertz CT molecular complexity index is 1360. The minimum absolute atomic E-state index is 0.00175. The summed E-state index contributed by atoms with van der Waals surface area (Å²) >= 11 is 1.66. The zero-order valence-electron chi connectivity index (χ0n) is 16.7. The molecule has 31 heavy (non-hydrogen) atoms. The first kappa shape index (κ1) is 18.3. The second-order valence-electron chi connectivity index (χ2n) is 8.16. The second kappa shape index (κ2) is 7.03. The molecule has 9 heteroatoms. The van der Waals surface area contributed by atoms with Crippen LogP contribution in [0.15, 0.2) is 36.9 Å². The van der Waals surface area contributed by atoms with Crippen LogP contribution in [0, 0.1) is 23.2 Å². The Labute approximate surface area is 182 Å². The molecule has 1 N–H and O–H groups in total. The number of fused-ring (bicyclic) bond motifs is 4. The van der Waals surface area contributed by atoms with Gasteiger partial charge in [-0.15, -0.1) is 11.3 Å². The summed E-state index contributed by atoms with van der Waals surface area (Å²) in [4.78, 5) is 25.9. The van der Waals surface area contributed by atoms with Crippen molar-refractivity contribution in [2.24, 2.45) is 11.8 Å². The molecule has 0 saturated carbocycles. The van der Waals surface area contributed by atoms with Gasteiger partial charge in [0.25, 0.3) is 0 Å². The van der Waals surface area contributed by atoms with Crippen molar-refractivity contribution in [3.05, 3.63) is 47.4 Å². The summed E-state index contributed by atoms with van der Waals surface area (Å²) in [5.41, 5.74) is 3.21. The molecule has 0 aromatic carbocycles. The molecule has 154 valence electrons. The lowest BCUT2D eigenvalue weighted by atomic mass is 9.85. The lowest BCUT2D eigenvalue weighted by molar-refractivity contribution is -0.141. The third kappa shape index (κ3) is 3.02. The molecular weight excluding hydrogens is 410 g/mol. The number of amides is 1. The number of pyridine rings is 1. The molecule has 0 radical (unpaired) electrons. The molecule has 4 aromatic heterocycles. The highest BCUT2D eigenvalue weighted by Crippen LogP contribution is 2.41. The number of carbonyl (C=O) groups excluding carboxylic acids is 1. The molecule has 2 aliphatic rings. The number of nitriles is 1. The highest BCUT2D eigenvalue weighted by molar-refractivity contribution is 7.19. The van der Waals surface area contributed by atoms with Crippen LogP contribution in [0.4, 0.5) is 11.5 Å². The summed E-state index contributed by atoms with van der Waals surface area (Å²) in [6.07, 6.45) is 7.68. The largest absolute Gasteiger partial charge is 0.340 e. The van der Waals surface area contributed by atoms with E-state index in [1.54, 1.807) is 23.9 Å². The van der Waals surface area contributed by atoms with Gasteiger partial charge in [0.05, 0.1) is 22.9 Å². The van der Waals surface area contributed by atoms with E-state index in [0.29, 0.717) is 13.1 Å². The average molecular weight is 430 g/mol. The third-order valence-electron chi connectivity index (χ3n) is 6.23. The number of hydrogen-bond donors (Lipinski definition) is 1. The quantitative estimate of drug-likeness (QED) is 0.537. The predicted molar refractivity (Wildman–Crippen MR) is 117 cm³/mol. The fraction of sp³-hybridized carbons (Fsp3) is 0.318. The zero-order valence-corrected chi connectivity index (χ0v) is 17.5. The van der Waals surface area contributed by atoms with Gasteiger partial charge in [-0.25, -0.2) is 14.5 Å². The molecule has 1 saturated heterocycles. The zero-order chi connectivity index (χ0) is 20.9. The molecule has 1 aliphatic carbocycles. The predicted octanol–water partition coefficient (Wildman–Crippen LogP) is 3.17. The van der Waals surface area contributed by atoms with Crippen molar-refractivity contribution in [2.75, 3.05) is 18.4 Å². The summed E-state index contributed by atoms with van der Waals surface area (Å²) in [5.74, 6) is 0.982. The molecular formula is C22H19N7OS. The van der Waals surface area contributed by atoms with E-state index in [9.17, 15) is 4.79 Å². The minimum Gasteiger partial charge on any atom is -0.340 e. The Morgan fingerprint density at radius 1 is 1.29 bits per heavy atom. The van der Waals surface area contributed by atoms with Crippen LogP contribution in [0.2, 0.25) is 0 Å². The SMILES string of the molecule is N#CC1CN(C(=O)[C@H]2CCc3c(sc4ncnc(Nc5ccn6nccc6c5)c34)C2)C1. The molecule has 5 heterocycles. The number of rotatable bonds is 3. The molecule has 1 amide bonds. The molecule has 0 unspecified atom stereocenters. The van der Waals surface area contributed by atoms with Crippen LogP contribution in [0.3, 0.4) is 0 Å². The number of nitrogens with one attached hydrogen (secondary N) is 1. The second-order valence-corrected chi connectivity index (χ2v) is 9.24. The first-order chi connectivity index (χ1) is 15.2. The molecule has 0 spiro atoms. The van der Waals surface area contributed by atoms with Crippen molar-refractivity contribution in [2.45, 2.75) is 19.3 Å². The number of carbonyl (C=O) groups is 1. The molecule has 8 nitrogen and oxygen atoms in total. The topological polar surface area (TPSA) is 99.2 Å². The van der Waals surface area contributed by atoms with E-state index in [4.69, 9.17) is 5.26 Å². The van der Waals surface area contributed by atoms with E-state index in [1.165, 1.54) is 10.4 Å². The molecule has 1 atom stereocenters. The summed E-state index contributed by atoms with van der Waals surface area (Å²) in [6, 6.07) is 8.21. The van der Waals surface area contributed by atoms with Gasteiger partial charge in [-0.05, 0) is 43.0 Å². The van der Waals surface area contributed by atoms with Crippen LogP contribution < -0.4 is 5.32 Å². The highest BCUT2D eigenvalue weighted by atomic mass is 32.1. The molecule has 0 bridgehead atoms. The smallest absolute Gasteiger partial charge is 0.226 e. The van der Waals surface area contributed by atoms with Gasteiger partial charge < -0.3 is 10.2 Å². The van der Waals surface area contributed by atoms with Gasteiger partial charge in [-0.1, -0.05) is 0 Å². The fourth-order valence-electron chi connectivity index (χ4n) is 4.55. The Balaban J connectivity index is 1.28. The van der Waals surface area contributed by atoms with E-state index in [-0.39, 0.29) is 17.7 Å². The van der Waals surface area contributed by atoms with Crippen molar-refractivity contribution in [3.8, 4) is 6.07 Å². The maximum absolute atomic E-state index is 12.8. The first-order valence-electron chi connectivity index (χ1n) is 10.3. The summed E-state index contributed by atoms with van der Waals surface area (Å²) in [7, 11) is 0. The third-order valence-corrected chi connectivity index (χ3v) is 7.40. The van der Waals surface area contributed by atoms with E-state index in [2.05, 4.69) is 26.5 Å². The van der Waals surface area contributed by atoms with E-state index >= 15 is 0 Å². The van der Waals surface area contributed by atoms with Gasteiger partial charge in [-0.3, -0.25) is 4.79 Å². The van der Waals surface area contributed by atoms with Crippen molar-refractivity contribution >= 4 is 44.5 Å². The standard InChI is InChI=1S/C22H19N7OS/c23-9-13-10-28(11-13)22(30)14-1-2-17-18(7-14)31-21-19(17)20(24-12-25-21)27-15-4-6-29-16(8-15)3-5-26-29/h3-6,8,12-14H,1-2,7,10-11H2,(H,24,25,27)/t14-/m0/s1. The maximum atomic E-state index is 12.8. The molecule has 4 aromatic rings. The van der Waals surface area contributed by atoms with Crippen LogP contribution in [0.1, 0.15) is 16.9 Å². The van der Waals surface area contributed by atoms with Gasteiger partial charge in [0, 0.05) is 42.0 Å². The number of hydrogen-bond acceptors (Lipinski definition) is 7. The number of aryl methyl sites for hydroxylation is 1. The van der Waals surface area contributed by atoms with Crippen molar-refractivity contribution in [1.29, 1.82) is 5.26 Å². The molecule has 1 fully saturated rings. The van der Waals surface area contributed by atoms with Gasteiger partial charge in [0.15, 0.2) is 0 Å². The van der Waals surface area contributed by atoms with Crippen LogP contribution in [-0.4, -0.2) is 43.5 Å². The normalized spacial score (nSPS) is 18.5. The number of likely N-dealkylation sites (tertiary alicyclic amines) is 1. The number of anilines is 2. The van der Waals surface area contributed by atoms with Crippen LogP contribution in [0.5, 0.6) is 0 Å². The maximum Gasteiger partial charge on any atom is 0.226 e. The number of thiophene rings is 1.